The van der Waals surface area contributed by atoms with Gasteiger partial charge in [0.15, 0.2) is 0 Å². The van der Waals surface area contributed by atoms with Gasteiger partial charge in [-0.1, -0.05) is 35.0 Å². The van der Waals surface area contributed by atoms with Crippen molar-refractivity contribution in [1.82, 2.24) is 10.1 Å². The van der Waals surface area contributed by atoms with E-state index in [1.54, 1.807) is 17.9 Å². The Kier molecular flexibility index (Phi) is 5.52. The Bertz CT molecular complexity index is 1080. The van der Waals surface area contributed by atoms with Crippen LogP contribution in [0.25, 0.3) is 11.3 Å². The number of amides is 1. The number of carbonyl (C=O) groups excluding carboxylic acids is 1. The number of anilines is 1. The van der Waals surface area contributed by atoms with Crippen LogP contribution >= 0.6 is 11.6 Å². The number of carbonyl (C=O) groups is 1. The van der Waals surface area contributed by atoms with E-state index in [0.717, 1.165) is 13.1 Å². The third-order valence-electron chi connectivity index (χ3n) is 5.76. The molecule has 1 aromatic heterocycles. The van der Waals surface area contributed by atoms with Crippen molar-refractivity contribution in [1.29, 1.82) is 0 Å². The molecule has 2 aromatic carbocycles. The van der Waals surface area contributed by atoms with Gasteiger partial charge >= 0.3 is 0 Å². The van der Waals surface area contributed by atoms with Crippen LogP contribution in [-0.2, 0) is 0 Å². The van der Waals surface area contributed by atoms with E-state index in [9.17, 15) is 9.18 Å². The predicted molar refractivity (Wildman–Crippen MR) is 116 cm³/mol. The minimum absolute atomic E-state index is 0.0911. The number of nitrogens with zero attached hydrogens (tertiary/aromatic N) is 3. The van der Waals surface area contributed by atoms with Crippen molar-refractivity contribution < 1.29 is 13.7 Å². The van der Waals surface area contributed by atoms with Gasteiger partial charge in [0.05, 0.1) is 10.6 Å². The van der Waals surface area contributed by atoms with Crippen LogP contribution < -0.4 is 4.90 Å². The van der Waals surface area contributed by atoms with Gasteiger partial charge in [0, 0.05) is 31.9 Å². The van der Waals surface area contributed by atoms with Gasteiger partial charge in [0.25, 0.3) is 5.91 Å². The number of rotatable bonds is 3. The summed E-state index contributed by atoms with van der Waals surface area (Å²) >= 11 is 6.20. The van der Waals surface area contributed by atoms with E-state index in [1.807, 2.05) is 0 Å². The molecule has 1 aliphatic rings. The Morgan fingerprint density at radius 3 is 2.47 bits per heavy atom. The summed E-state index contributed by atoms with van der Waals surface area (Å²) in [7, 11) is 0. The van der Waals surface area contributed by atoms with E-state index < -0.39 is 5.82 Å². The zero-order chi connectivity index (χ0) is 21.4. The second kappa shape index (κ2) is 8.11. The van der Waals surface area contributed by atoms with Crippen molar-refractivity contribution in [2.75, 3.05) is 31.1 Å². The topological polar surface area (TPSA) is 49.6 Å². The molecular formula is C23H23ClFN3O2. The van der Waals surface area contributed by atoms with Gasteiger partial charge in [0.1, 0.15) is 22.8 Å². The maximum absolute atomic E-state index is 14.4. The number of aromatic nitrogens is 1. The monoisotopic (exact) mass is 427 g/mol. The number of halogens is 2. The average molecular weight is 428 g/mol. The Hall–Kier alpha value is -2.86. The predicted octanol–water partition coefficient (Wildman–Crippen LogP) is 5.02. The van der Waals surface area contributed by atoms with Gasteiger partial charge in [-0.15, -0.1) is 0 Å². The molecule has 0 unspecified atom stereocenters. The average Bonchev–Trinajstić information content (AvgIpc) is 3.10. The fourth-order valence-corrected chi connectivity index (χ4v) is 4.16. The molecule has 1 fully saturated rings. The third-order valence-corrected chi connectivity index (χ3v) is 6.07. The summed E-state index contributed by atoms with van der Waals surface area (Å²) in [4.78, 5) is 17.4. The third kappa shape index (κ3) is 3.56. The normalized spacial score (nSPS) is 14.3. The van der Waals surface area contributed by atoms with E-state index in [4.69, 9.17) is 16.1 Å². The molecule has 1 amide bonds. The molecule has 156 valence electrons. The van der Waals surface area contributed by atoms with Gasteiger partial charge in [-0.05, 0) is 50.1 Å². The number of aryl methyl sites for hydroxylation is 2. The van der Waals surface area contributed by atoms with Crippen LogP contribution in [0.4, 0.5) is 10.1 Å². The van der Waals surface area contributed by atoms with Gasteiger partial charge in [-0.2, -0.15) is 0 Å². The van der Waals surface area contributed by atoms with E-state index in [1.165, 1.54) is 28.9 Å². The number of benzene rings is 2. The maximum Gasteiger partial charge on any atom is 0.259 e. The van der Waals surface area contributed by atoms with Crippen LogP contribution in [0.2, 0.25) is 5.02 Å². The SMILES string of the molecule is Cc1cccc(N2CCN(C(=O)c3c(-c4c(F)cccc4Cl)noc3C)CC2)c1C. The molecule has 1 aliphatic heterocycles. The van der Waals surface area contributed by atoms with Crippen molar-refractivity contribution >= 4 is 23.2 Å². The summed E-state index contributed by atoms with van der Waals surface area (Å²) in [5.41, 5.74) is 4.20. The molecule has 0 atom stereocenters. The quantitative estimate of drug-likeness (QED) is 0.588. The van der Waals surface area contributed by atoms with Gasteiger partial charge < -0.3 is 14.3 Å². The van der Waals surface area contributed by atoms with Crippen molar-refractivity contribution in [3.05, 3.63) is 69.7 Å². The number of hydrogen-bond donors (Lipinski definition) is 0. The second-order valence-corrected chi connectivity index (χ2v) is 7.96. The van der Waals surface area contributed by atoms with Crippen molar-refractivity contribution in [3.8, 4) is 11.3 Å². The Morgan fingerprint density at radius 1 is 1.07 bits per heavy atom. The highest BCUT2D eigenvalue weighted by Gasteiger charge is 2.30. The minimum atomic E-state index is -0.537. The molecule has 0 N–H and O–H groups in total. The summed E-state index contributed by atoms with van der Waals surface area (Å²) in [6.45, 7) is 8.43. The fraction of sp³-hybridized carbons (Fsp3) is 0.304. The summed E-state index contributed by atoms with van der Waals surface area (Å²) in [6.07, 6.45) is 0. The van der Waals surface area contributed by atoms with Gasteiger partial charge in [-0.25, -0.2) is 4.39 Å². The highest BCUT2D eigenvalue weighted by Crippen LogP contribution is 2.34. The Labute approximate surface area is 180 Å². The molecule has 30 heavy (non-hydrogen) atoms. The summed E-state index contributed by atoms with van der Waals surface area (Å²) in [5.74, 6) is -0.403. The first-order valence-corrected chi connectivity index (χ1v) is 10.3. The highest BCUT2D eigenvalue weighted by atomic mass is 35.5. The molecule has 0 spiro atoms. The summed E-state index contributed by atoms with van der Waals surface area (Å²) in [6, 6.07) is 10.6. The van der Waals surface area contributed by atoms with E-state index in [0.29, 0.717) is 18.8 Å². The second-order valence-electron chi connectivity index (χ2n) is 7.56. The van der Waals surface area contributed by atoms with Crippen molar-refractivity contribution in [3.63, 3.8) is 0 Å². The number of piperazine rings is 1. The molecule has 2 heterocycles. The van der Waals surface area contributed by atoms with Crippen LogP contribution in [0.3, 0.4) is 0 Å². The lowest BCUT2D eigenvalue weighted by atomic mass is 10.0. The molecule has 3 aromatic rings. The molecule has 0 bridgehead atoms. The smallest absolute Gasteiger partial charge is 0.259 e. The molecule has 5 nitrogen and oxygen atoms in total. The zero-order valence-corrected chi connectivity index (χ0v) is 18.0. The van der Waals surface area contributed by atoms with Gasteiger partial charge in [-0.3, -0.25) is 4.79 Å². The first-order valence-electron chi connectivity index (χ1n) is 9.89. The van der Waals surface area contributed by atoms with Crippen LogP contribution in [0.5, 0.6) is 0 Å². The Balaban J connectivity index is 1.57. The van der Waals surface area contributed by atoms with Crippen molar-refractivity contribution in [2.24, 2.45) is 0 Å². The van der Waals surface area contributed by atoms with E-state index in [-0.39, 0.29) is 27.8 Å². The van der Waals surface area contributed by atoms with Gasteiger partial charge in [0.2, 0.25) is 0 Å². The summed E-state index contributed by atoms with van der Waals surface area (Å²) < 4.78 is 19.7. The fourth-order valence-electron chi connectivity index (χ4n) is 3.91. The molecule has 0 radical (unpaired) electrons. The molecule has 7 heteroatoms. The maximum atomic E-state index is 14.4. The van der Waals surface area contributed by atoms with Crippen molar-refractivity contribution in [2.45, 2.75) is 20.8 Å². The molecular weight excluding hydrogens is 405 g/mol. The molecule has 0 aliphatic carbocycles. The lowest BCUT2D eigenvalue weighted by Gasteiger charge is -2.37. The van der Waals surface area contributed by atoms with E-state index >= 15 is 0 Å². The minimum Gasteiger partial charge on any atom is -0.368 e. The van der Waals surface area contributed by atoms with Crippen LogP contribution in [0.1, 0.15) is 27.2 Å². The lowest BCUT2D eigenvalue weighted by molar-refractivity contribution is 0.0745. The molecule has 0 saturated carbocycles. The van der Waals surface area contributed by atoms with E-state index in [2.05, 4.69) is 42.1 Å². The van der Waals surface area contributed by atoms with Crippen LogP contribution in [0, 0.1) is 26.6 Å². The summed E-state index contributed by atoms with van der Waals surface area (Å²) in [5, 5.41) is 4.14. The largest absolute Gasteiger partial charge is 0.368 e. The zero-order valence-electron chi connectivity index (χ0n) is 17.2. The lowest BCUT2D eigenvalue weighted by Crippen LogP contribution is -2.49. The highest BCUT2D eigenvalue weighted by molar-refractivity contribution is 6.33. The standard InChI is InChI=1S/C23H23ClFN3O2/c1-14-6-4-9-19(15(14)2)27-10-12-28(13-11-27)23(29)20-16(3)30-26-22(20)21-17(24)7-5-8-18(21)25/h4-9H,10-13H2,1-3H3. The first kappa shape index (κ1) is 20.4. The molecule has 1 saturated heterocycles. The number of hydrogen-bond acceptors (Lipinski definition) is 4. The Morgan fingerprint density at radius 2 is 1.77 bits per heavy atom. The molecule has 4 rings (SSSR count). The van der Waals surface area contributed by atoms with Crippen LogP contribution in [0.15, 0.2) is 40.9 Å². The first-order chi connectivity index (χ1) is 14.4. The van der Waals surface area contributed by atoms with Crippen LogP contribution in [-0.4, -0.2) is 42.1 Å².